The Bertz CT molecular complexity index is 10700. The first-order valence-corrected chi connectivity index (χ1v) is 46.6. The summed E-state index contributed by atoms with van der Waals surface area (Å²) in [5, 5.41) is 31.1. The van der Waals surface area contributed by atoms with Crippen LogP contribution in [0.5, 0.6) is 0 Å². The topological polar surface area (TPSA) is 42.8 Å². The van der Waals surface area contributed by atoms with E-state index in [0.29, 0.717) is 0 Å². The fourth-order valence-corrected chi connectivity index (χ4v) is 24.5. The molecule has 0 aliphatic rings. The summed E-state index contributed by atoms with van der Waals surface area (Å²) in [7, 11) is 0. The number of benzene rings is 21. The summed E-state index contributed by atoms with van der Waals surface area (Å²) < 4.78 is 22.2. The van der Waals surface area contributed by atoms with E-state index < -0.39 is 0 Å². The lowest BCUT2D eigenvalue weighted by Gasteiger charge is -2.09. The molecule has 624 valence electrons. The fraction of sp³-hybridized carbons (Fsp3) is 0. The van der Waals surface area contributed by atoms with Gasteiger partial charge >= 0.3 is 0 Å². The Morgan fingerprint density at radius 3 is 0.659 bits per heavy atom. The summed E-state index contributed by atoms with van der Waals surface area (Å²) in [5.41, 5.74) is 33.2. The number of hydrogen-bond acceptors (Lipinski definition) is 0. The maximum atomic E-state index is 2.52. The summed E-state index contributed by atoms with van der Waals surface area (Å²) in [5.74, 6) is 0. The molecule has 0 aliphatic carbocycles. The molecule has 0 radical (unpaired) electrons. The highest BCUT2D eigenvalue weighted by Gasteiger charge is 2.32. The van der Waals surface area contributed by atoms with Gasteiger partial charge in [-0.05, 0) is 182 Å². The molecule has 0 amide bonds. The Kier molecular flexibility index (Phi) is 14.7. The molecule has 9 nitrogen and oxygen atoms in total. The third kappa shape index (κ3) is 9.72. The van der Waals surface area contributed by atoms with E-state index in [1.165, 1.54) is 279 Å². The molecule has 135 heavy (non-hydrogen) atoms. The van der Waals surface area contributed by atoms with Crippen LogP contribution in [0.1, 0.15) is 0 Å². The van der Waals surface area contributed by atoms with Crippen LogP contribution in [-0.2, 0) is 0 Å². The first-order chi connectivity index (χ1) is 67.1. The molecule has 0 bridgehead atoms. The second-order valence-electron chi connectivity index (χ2n) is 36.5. The maximum absolute atomic E-state index is 2.52. The van der Waals surface area contributed by atoms with Gasteiger partial charge in [-0.25, -0.2) is 0 Å². The number of para-hydroxylation sites is 15. The Balaban J connectivity index is 0.0000000945. The Morgan fingerprint density at radius 2 is 0.296 bits per heavy atom. The maximum Gasteiger partial charge on any atom is 0.0642 e. The second kappa shape index (κ2) is 27.2. The highest BCUT2D eigenvalue weighted by atomic mass is 15.0. The molecule has 0 saturated heterocycles. The van der Waals surface area contributed by atoms with Gasteiger partial charge in [0.25, 0.3) is 0 Å². The normalized spacial score (nSPS) is 12.4. The molecule has 0 atom stereocenters. The van der Waals surface area contributed by atoms with Gasteiger partial charge in [-0.3, -0.25) is 0 Å². The lowest BCUT2D eigenvalue weighted by atomic mass is 10.0. The van der Waals surface area contributed by atoms with E-state index in [1.54, 1.807) is 0 Å². The second-order valence-corrected chi connectivity index (χ2v) is 36.5. The highest BCUT2D eigenvalue weighted by molar-refractivity contribution is 6.40. The van der Waals surface area contributed by atoms with Crippen molar-refractivity contribution in [2.45, 2.75) is 0 Å². The molecule has 12 aromatic heterocycles. The molecule has 9 heteroatoms. The van der Waals surface area contributed by atoms with Crippen molar-refractivity contribution < 1.29 is 0 Å². The fourth-order valence-electron chi connectivity index (χ4n) is 24.5. The van der Waals surface area contributed by atoms with Gasteiger partial charge < -0.3 is 40.6 Å². The predicted octanol–water partition coefficient (Wildman–Crippen LogP) is 33.1. The molecule has 0 spiro atoms. The van der Waals surface area contributed by atoms with E-state index in [1.807, 2.05) is 0 Å². The standard InChI is InChI=1S/3C42H25N3/c1-3-13-26(14-4-1)43-34-20-10-7-17-28(34)31-23-33-38(25-37(31)43)45-35-21-11-8-18-29(35)32-24-39-40(41(33)42(32)45)30-19-9-12-22-36(30)44(39)27-15-5-2-6-16-27;1-3-13-26(14-4-1)43-34-20-10-7-17-28(34)31-23-32-33-24-39-40(29-18-8-11-21-35(29)44(39)27-15-5-2-6-16-27)41-30-19-9-12-22-36(30)45(42(33)41)38(32)25-37(31)43;1-3-13-26(14-4-1)43-35-20-10-7-17-28(35)31-23-32-34-24-33-29-18-8-11-21-36(29)44(27-15-5-2-6-16-27)41(33)40-30-19-9-12-22-37(30)45(42(34)40)39(32)25-38(31)43/h3*1-25H. The minimum atomic E-state index is 1.18. The molecule has 0 fully saturated rings. The molecule has 12 heterocycles. The van der Waals surface area contributed by atoms with Crippen LogP contribution in [0, 0.1) is 0 Å². The first kappa shape index (κ1) is 72.7. The number of fused-ring (bicyclic) bond motifs is 39. The van der Waals surface area contributed by atoms with Crippen LogP contribution >= 0.6 is 0 Å². The summed E-state index contributed by atoms with van der Waals surface area (Å²) >= 11 is 0. The number of rotatable bonds is 6. The van der Waals surface area contributed by atoms with E-state index in [2.05, 4.69) is 496 Å². The van der Waals surface area contributed by atoms with Crippen molar-refractivity contribution in [2.75, 3.05) is 0 Å². The lowest BCUT2D eigenvalue weighted by Crippen LogP contribution is -1.93. The number of aromatic nitrogens is 9. The number of nitrogens with zero attached hydrogens (tertiary/aromatic N) is 9. The molecule has 21 aromatic carbocycles. The van der Waals surface area contributed by atoms with Crippen molar-refractivity contribution in [3.63, 3.8) is 0 Å². The molecular formula is C126H75N9. The van der Waals surface area contributed by atoms with E-state index in [0.717, 1.165) is 0 Å². The van der Waals surface area contributed by atoms with Gasteiger partial charge in [0.1, 0.15) is 0 Å². The van der Waals surface area contributed by atoms with Crippen LogP contribution in [-0.4, -0.2) is 40.6 Å². The van der Waals surface area contributed by atoms with Crippen molar-refractivity contribution in [1.82, 2.24) is 40.6 Å². The highest BCUT2D eigenvalue weighted by Crippen LogP contribution is 2.54. The SMILES string of the molecule is c1ccc(-n2c3ccccc3c3cc4c5c6c7ccccc7n(-c7ccccc7)c6cc6c7ccccc7n(c4cc32)c65)cc1.c1ccc(-n2c3ccccc3c3cc4c5cc6c(c7ccccc7n6-c6ccccc6)c6c7ccccc7n(c4cc32)c56)cc1.c1ccc(-n2c3ccccc3c3cc4c5cc6c7ccccc7n(-c7ccccc7)c6c6c7ccccc7n(c4cc32)c56)cc1. The predicted molar refractivity (Wildman–Crippen MR) is 569 cm³/mol. The summed E-state index contributed by atoms with van der Waals surface area (Å²) in [6.45, 7) is 0. The molecular weight excluding hydrogens is 1640 g/mol. The third-order valence-corrected chi connectivity index (χ3v) is 29.8. The van der Waals surface area contributed by atoms with Gasteiger partial charge in [-0.2, -0.15) is 0 Å². The molecule has 33 rings (SSSR count). The largest absolute Gasteiger partial charge is 0.309 e. The Morgan fingerprint density at radius 1 is 0.0963 bits per heavy atom. The Labute approximate surface area is 769 Å². The van der Waals surface area contributed by atoms with Crippen LogP contribution in [0.3, 0.4) is 0 Å². The summed E-state index contributed by atoms with van der Waals surface area (Å²) in [4.78, 5) is 0. The van der Waals surface area contributed by atoms with Crippen molar-refractivity contribution in [3.8, 4) is 34.1 Å². The van der Waals surface area contributed by atoms with Crippen molar-refractivity contribution >= 4 is 245 Å². The Hall–Kier alpha value is -18.2. The summed E-state index contributed by atoms with van der Waals surface area (Å²) in [6.07, 6.45) is 0. The van der Waals surface area contributed by atoms with Crippen LogP contribution < -0.4 is 0 Å². The van der Waals surface area contributed by atoms with E-state index in [9.17, 15) is 0 Å². The average Bonchev–Trinajstić information content (AvgIpc) is 1.52. The van der Waals surface area contributed by atoms with Gasteiger partial charge in [0, 0.05) is 163 Å². The zero-order valence-corrected chi connectivity index (χ0v) is 72.8. The minimum absolute atomic E-state index is 1.18. The van der Waals surface area contributed by atoms with Crippen LogP contribution in [0.2, 0.25) is 0 Å². The third-order valence-electron chi connectivity index (χ3n) is 29.8. The zero-order valence-electron chi connectivity index (χ0n) is 72.8. The van der Waals surface area contributed by atoms with E-state index >= 15 is 0 Å². The summed E-state index contributed by atoms with van der Waals surface area (Å²) in [6, 6.07) is 166. The first-order valence-electron chi connectivity index (χ1n) is 46.6. The van der Waals surface area contributed by atoms with Gasteiger partial charge in [0.2, 0.25) is 0 Å². The smallest absolute Gasteiger partial charge is 0.0642 e. The molecule has 0 N–H and O–H groups in total. The molecule has 33 aromatic rings. The van der Waals surface area contributed by atoms with E-state index in [-0.39, 0.29) is 0 Å². The van der Waals surface area contributed by atoms with E-state index in [4.69, 9.17) is 0 Å². The average molecular weight is 1720 g/mol. The van der Waals surface area contributed by atoms with Gasteiger partial charge in [0.15, 0.2) is 0 Å². The molecule has 0 unspecified atom stereocenters. The molecule has 0 saturated carbocycles. The number of hydrogen-bond donors (Lipinski definition) is 0. The van der Waals surface area contributed by atoms with Crippen LogP contribution in [0.25, 0.3) is 279 Å². The van der Waals surface area contributed by atoms with Gasteiger partial charge in [-0.1, -0.05) is 273 Å². The van der Waals surface area contributed by atoms with Crippen molar-refractivity contribution in [2.24, 2.45) is 0 Å². The van der Waals surface area contributed by atoms with Gasteiger partial charge in [-0.15, -0.1) is 0 Å². The van der Waals surface area contributed by atoms with Crippen LogP contribution in [0.4, 0.5) is 0 Å². The van der Waals surface area contributed by atoms with Gasteiger partial charge in [0.05, 0.1) is 116 Å². The lowest BCUT2D eigenvalue weighted by molar-refractivity contribution is 1.18. The van der Waals surface area contributed by atoms with Crippen molar-refractivity contribution in [1.29, 1.82) is 0 Å². The van der Waals surface area contributed by atoms with Crippen LogP contribution in [0.15, 0.2) is 455 Å². The monoisotopic (exact) mass is 1710 g/mol. The quantitative estimate of drug-likeness (QED) is 0.159. The van der Waals surface area contributed by atoms with Crippen molar-refractivity contribution in [3.05, 3.63) is 455 Å². The zero-order chi connectivity index (χ0) is 87.7. The minimum Gasteiger partial charge on any atom is -0.309 e. The molecule has 0 aliphatic heterocycles.